The molecule has 6 nitrogen and oxygen atoms in total. The molecule has 35 heavy (non-hydrogen) atoms. The molecule has 3 aromatic rings. The first-order chi connectivity index (χ1) is 16.8. The summed E-state index contributed by atoms with van der Waals surface area (Å²) in [5.41, 5.74) is 1.76. The molecule has 0 unspecified atom stereocenters. The van der Waals surface area contributed by atoms with E-state index in [0.717, 1.165) is 17.3 Å². The summed E-state index contributed by atoms with van der Waals surface area (Å²) in [4.78, 5) is 39.3. The van der Waals surface area contributed by atoms with Crippen molar-refractivity contribution in [1.29, 1.82) is 0 Å². The summed E-state index contributed by atoms with van der Waals surface area (Å²) in [5, 5.41) is 0.739. The highest BCUT2D eigenvalue weighted by atomic mass is 35.5. The molecule has 0 bridgehead atoms. The highest BCUT2D eigenvalue weighted by molar-refractivity contribution is 8.18. The molecule has 0 spiro atoms. The van der Waals surface area contributed by atoms with Crippen molar-refractivity contribution >= 4 is 58.2 Å². The van der Waals surface area contributed by atoms with Gasteiger partial charge in [-0.15, -0.1) is 0 Å². The zero-order valence-electron chi connectivity index (χ0n) is 18.5. The third kappa shape index (κ3) is 6.06. The number of ether oxygens (including phenoxy) is 2. The Morgan fingerprint density at radius 3 is 2.26 bits per heavy atom. The average Bonchev–Trinajstić information content (AvgIpc) is 3.10. The summed E-state index contributed by atoms with van der Waals surface area (Å²) in [6.45, 7) is 2.30. The minimum Gasteiger partial charge on any atom is -0.490 e. The number of halogens is 2. The maximum absolute atomic E-state index is 12.9. The normalized spacial score (nSPS) is 14.5. The minimum atomic E-state index is -0.557. The van der Waals surface area contributed by atoms with E-state index in [1.54, 1.807) is 79.7 Å². The predicted molar refractivity (Wildman–Crippen MR) is 137 cm³/mol. The topological polar surface area (TPSA) is 72.9 Å². The second-order valence-corrected chi connectivity index (χ2v) is 9.30. The number of carbonyl (C=O) groups is 3. The van der Waals surface area contributed by atoms with Gasteiger partial charge in [-0.2, -0.15) is 0 Å². The van der Waals surface area contributed by atoms with Crippen molar-refractivity contribution in [2.45, 2.75) is 13.5 Å². The number of amides is 2. The summed E-state index contributed by atoms with van der Waals surface area (Å²) < 4.78 is 11.2. The highest BCUT2D eigenvalue weighted by Gasteiger charge is 2.35. The Kier molecular flexibility index (Phi) is 7.80. The first-order valence-electron chi connectivity index (χ1n) is 10.6. The van der Waals surface area contributed by atoms with E-state index in [1.165, 1.54) is 4.90 Å². The molecular weight excluding hydrogens is 509 g/mol. The standard InChI is InChI=1S/C26H19Cl2NO5S/c1-2-33-22-13-17(5-12-21(22)34-25(31)18-6-10-20(28)11-7-18)14-23-24(30)29(26(32)35-23)15-16-3-8-19(27)9-4-16/h3-14H,2,15H2,1H3/b23-14-. The van der Waals surface area contributed by atoms with E-state index < -0.39 is 5.97 Å². The number of hydrogen-bond acceptors (Lipinski definition) is 6. The zero-order chi connectivity index (χ0) is 24.9. The molecule has 1 fully saturated rings. The molecule has 2 amide bonds. The predicted octanol–water partition coefficient (Wildman–Crippen LogP) is 6.85. The quantitative estimate of drug-likeness (QED) is 0.190. The molecule has 0 radical (unpaired) electrons. The van der Waals surface area contributed by atoms with E-state index in [0.29, 0.717) is 33.5 Å². The van der Waals surface area contributed by atoms with Gasteiger partial charge in [-0.25, -0.2) is 4.79 Å². The summed E-state index contributed by atoms with van der Waals surface area (Å²) in [6, 6.07) is 18.2. The van der Waals surface area contributed by atoms with Crippen LogP contribution in [0.4, 0.5) is 4.79 Å². The van der Waals surface area contributed by atoms with E-state index in [9.17, 15) is 14.4 Å². The van der Waals surface area contributed by atoms with Gasteiger partial charge in [0.1, 0.15) is 0 Å². The number of esters is 1. The minimum absolute atomic E-state index is 0.156. The fourth-order valence-electron chi connectivity index (χ4n) is 3.27. The van der Waals surface area contributed by atoms with Gasteiger partial charge in [-0.3, -0.25) is 14.5 Å². The second kappa shape index (κ2) is 11.0. The molecule has 1 aliphatic heterocycles. The van der Waals surface area contributed by atoms with Gasteiger partial charge in [0.2, 0.25) is 0 Å². The van der Waals surface area contributed by atoms with Crippen LogP contribution in [0.3, 0.4) is 0 Å². The lowest BCUT2D eigenvalue weighted by molar-refractivity contribution is -0.123. The summed E-state index contributed by atoms with van der Waals surface area (Å²) in [6.07, 6.45) is 1.61. The summed E-state index contributed by atoms with van der Waals surface area (Å²) >= 11 is 12.6. The van der Waals surface area contributed by atoms with E-state index >= 15 is 0 Å². The third-order valence-corrected chi connectivity index (χ3v) is 6.39. The van der Waals surface area contributed by atoms with Gasteiger partial charge in [0, 0.05) is 10.0 Å². The molecule has 3 aromatic carbocycles. The maximum atomic E-state index is 12.9. The summed E-state index contributed by atoms with van der Waals surface area (Å²) in [5.74, 6) is -0.367. The van der Waals surface area contributed by atoms with Crippen LogP contribution in [0.25, 0.3) is 6.08 Å². The number of carbonyl (C=O) groups excluding carboxylic acids is 3. The molecule has 1 aliphatic rings. The van der Waals surface area contributed by atoms with E-state index in [1.807, 2.05) is 0 Å². The summed E-state index contributed by atoms with van der Waals surface area (Å²) in [7, 11) is 0. The van der Waals surface area contributed by atoms with Crippen molar-refractivity contribution in [2.75, 3.05) is 6.61 Å². The van der Waals surface area contributed by atoms with Crippen LogP contribution in [-0.2, 0) is 11.3 Å². The van der Waals surface area contributed by atoms with Crippen LogP contribution in [0.15, 0.2) is 71.6 Å². The molecule has 9 heteroatoms. The van der Waals surface area contributed by atoms with Crippen molar-refractivity contribution in [3.8, 4) is 11.5 Å². The maximum Gasteiger partial charge on any atom is 0.343 e. The number of hydrogen-bond donors (Lipinski definition) is 0. The first kappa shape index (κ1) is 24.9. The Balaban J connectivity index is 1.52. The lowest BCUT2D eigenvalue weighted by Gasteiger charge is -2.12. The van der Waals surface area contributed by atoms with E-state index in [4.69, 9.17) is 32.7 Å². The monoisotopic (exact) mass is 527 g/mol. The van der Waals surface area contributed by atoms with Gasteiger partial charge in [0.05, 0.1) is 23.6 Å². The van der Waals surface area contributed by atoms with Crippen molar-refractivity contribution in [1.82, 2.24) is 4.90 Å². The van der Waals surface area contributed by atoms with Gasteiger partial charge in [-0.1, -0.05) is 41.4 Å². The Bertz CT molecular complexity index is 1310. The van der Waals surface area contributed by atoms with Crippen LogP contribution >= 0.6 is 35.0 Å². The van der Waals surface area contributed by atoms with Gasteiger partial charge >= 0.3 is 5.97 Å². The van der Waals surface area contributed by atoms with Crippen LogP contribution in [0.1, 0.15) is 28.4 Å². The van der Waals surface area contributed by atoms with Crippen LogP contribution in [0.5, 0.6) is 11.5 Å². The van der Waals surface area contributed by atoms with E-state index in [-0.39, 0.29) is 28.3 Å². The van der Waals surface area contributed by atoms with Gasteiger partial charge < -0.3 is 9.47 Å². The van der Waals surface area contributed by atoms with Crippen molar-refractivity contribution in [3.63, 3.8) is 0 Å². The fourth-order valence-corrected chi connectivity index (χ4v) is 4.36. The van der Waals surface area contributed by atoms with Crippen LogP contribution in [0, 0.1) is 0 Å². The largest absolute Gasteiger partial charge is 0.490 e. The van der Waals surface area contributed by atoms with Crippen LogP contribution < -0.4 is 9.47 Å². The Morgan fingerprint density at radius 1 is 0.943 bits per heavy atom. The van der Waals surface area contributed by atoms with E-state index in [2.05, 4.69) is 0 Å². The number of thioether (sulfide) groups is 1. The molecule has 1 heterocycles. The molecule has 0 aliphatic carbocycles. The molecule has 178 valence electrons. The number of nitrogens with zero attached hydrogens (tertiary/aromatic N) is 1. The van der Waals surface area contributed by atoms with Gasteiger partial charge in [-0.05, 0) is 84.4 Å². The fraction of sp³-hybridized carbons (Fsp3) is 0.115. The Morgan fingerprint density at radius 2 is 1.60 bits per heavy atom. The molecule has 0 N–H and O–H groups in total. The Labute approximate surface area is 216 Å². The molecule has 0 aromatic heterocycles. The van der Waals surface area contributed by atoms with Crippen molar-refractivity contribution in [2.24, 2.45) is 0 Å². The molecule has 4 rings (SSSR count). The van der Waals surface area contributed by atoms with Crippen molar-refractivity contribution < 1.29 is 23.9 Å². The number of benzene rings is 3. The van der Waals surface area contributed by atoms with Crippen LogP contribution in [0.2, 0.25) is 10.0 Å². The van der Waals surface area contributed by atoms with Crippen LogP contribution in [-0.4, -0.2) is 28.6 Å². The molecule has 0 atom stereocenters. The highest BCUT2D eigenvalue weighted by Crippen LogP contribution is 2.35. The van der Waals surface area contributed by atoms with Crippen molar-refractivity contribution in [3.05, 3.63) is 98.4 Å². The van der Waals surface area contributed by atoms with Gasteiger partial charge in [0.15, 0.2) is 11.5 Å². The average molecular weight is 528 g/mol. The van der Waals surface area contributed by atoms with Gasteiger partial charge in [0.25, 0.3) is 11.1 Å². The number of imide groups is 1. The zero-order valence-corrected chi connectivity index (χ0v) is 20.8. The first-order valence-corrected chi connectivity index (χ1v) is 12.2. The number of rotatable bonds is 7. The smallest absolute Gasteiger partial charge is 0.343 e. The third-order valence-electron chi connectivity index (χ3n) is 4.98. The molecule has 1 saturated heterocycles. The SMILES string of the molecule is CCOc1cc(/C=C2\SC(=O)N(Cc3ccc(Cl)cc3)C2=O)ccc1OC(=O)c1ccc(Cl)cc1. The lowest BCUT2D eigenvalue weighted by Crippen LogP contribution is -2.27. The second-order valence-electron chi connectivity index (χ2n) is 7.43. The lowest BCUT2D eigenvalue weighted by atomic mass is 10.1. The molecular formula is C26H19Cl2NO5S. The Hall–Kier alpha value is -3.26. The molecule has 0 saturated carbocycles.